The van der Waals surface area contributed by atoms with E-state index in [9.17, 15) is 9.18 Å². The molecular weight excluding hydrogens is 309 g/mol. The molecule has 1 amide bonds. The summed E-state index contributed by atoms with van der Waals surface area (Å²) in [6.07, 6.45) is 6.31. The van der Waals surface area contributed by atoms with Crippen molar-refractivity contribution in [2.24, 2.45) is 0 Å². The molecule has 0 fully saturated rings. The van der Waals surface area contributed by atoms with Gasteiger partial charge in [-0.15, -0.1) is 0 Å². The second-order valence-electron chi connectivity index (χ2n) is 4.97. The Balaban J connectivity index is 1.59. The van der Waals surface area contributed by atoms with Gasteiger partial charge in [-0.1, -0.05) is 6.07 Å². The second kappa shape index (κ2) is 7.28. The first-order valence-corrected chi connectivity index (χ1v) is 7.22. The van der Waals surface area contributed by atoms with Crippen molar-refractivity contribution in [3.63, 3.8) is 0 Å². The highest BCUT2D eigenvalue weighted by Crippen LogP contribution is 2.10. The number of pyridine rings is 1. The second-order valence-corrected chi connectivity index (χ2v) is 4.97. The highest BCUT2D eigenvalue weighted by molar-refractivity contribution is 6.03. The van der Waals surface area contributed by atoms with Crippen LogP contribution in [0.25, 0.3) is 0 Å². The fraction of sp³-hybridized carbons (Fsp3) is 0.0588. The molecule has 3 aromatic rings. The predicted molar refractivity (Wildman–Crippen MR) is 87.9 cm³/mol. The number of anilines is 2. The number of aromatic nitrogens is 3. The highest BCUT2D eigenvalue weighted by Gasteiger charge is 2.08. The van der Waals surface area contributed by atoms with Gasteiger partial charge < -0.3 is 10.6 Å². The van der Waals surface area contributed by atoms with Gasteiger partial charge in [0.15, 0.2) is 0 Å². The minimum atomic E-state index is -0.361. The molecule has 0 aliphatic heterocycles. The van der Waals surface area contributed by atoms with Crippen LogP contribution in [0.2, 0.25) is 0 Å². The summed E-state index contributed by atoms with van der Waals surface area (Å²) >= 11 is 0. The molecule has 0 saturated heterocycles. The van der Waals surface area contributed by atoms with E-state index < -0.39 is 0 Å². The number of halogens is 1. The lowest BCUT2D eigenvalue weighted by Gasteiger charge is -2.06. The lowest BCUT2D eigenvalue weighted by molar-refractivity contribution is 0.102. The Morgan fingerprint density at radius 3 is 2.46 bits per heavy atom. The molecule has 1 aromatic carbocycles. The minimum Gasteiger partial charge on any atom is -0.350 e. The number of carbonyl (C=O) groups is 1. The van der Waals surface area contributed by atoms with E-state index in [0.717, 1.165) is 5.56 Å². The van der Waals surface area contributed by atoms with Crippen molar-refractivity contribution in [3.05, 3.63) is 78.1 Å². The summed E-state index contributed by atoms with van der Waals surface area (Å²) in [5, 5.41) is 5.70. The first kappa shape index (κ1) is 15.5. The molecule has 120 valence electrons. The van der Waals surface area contributed by atoms with Crippen molar-refractivity contribution in [3.8, 4) is 0 Å². The fourth-order valence-electron chi connectivity index (χ4n) is 1.96. The van der Waals surface area contributed by atoms with E-state index >= 15 is 0 Å². The molecule has 0 bridgehead atoms. The maximum absolute atomic E-state index is 12.8. The largest absolute Gasteiger partial charge is 0.350 e. The Bertz CT molecular complexity index is 807. The van der Waals surface area contributed by atoms with Gasteiger partial charge in [0, 0.05) is 37.0 Å². The summed E-state index contributed by atoms with van der Waals surface area (Å²) in [6.45, 7) is 0.537. The van der Waals surface area contributed by atoms with Crippen LogP contribution < -0.4 is 10.6 Å². The van der Waals surface area contributed by atoms with Crippen molar-refractivity contribution in [1.29, 1.82) is 0 Å². The van der Waals surface area contributed by atoms with E-state index in [1.54, 1.807) is 12.4 Å². The minimum absolute atomic E-state index is 0.311. The Morgan fingerprint density at radius 2 is 1.79 bits per heavy atom. The molecule has 6 nitrogen and oxygen atoms in total. The van der Waals surface area contributed by atoms with Gasteiger partial charge in [-0.2, -0.15) is 0 Å². The number of hydrogen-bond donors (Lipinski definition) is 2. The molecule has 2 aromatic heterocycles. The zero-order valence-corrected chi connectivity index (χ0v) is 12.6. The molecule has 0 spiro atoms. The molecular formula is C17H14FN5O. The molecule has 0 saturated carbocycles. The summed E-state index contributed by atoms with van der Waals surface area (Å²) in [5.41, 5.74) is 1.81. The van der Waals surface area contributed by atoms with Crippen molar-refractivity contribution in [2.75, 3.05) is 10.6 Å². The lowest BCUT2D eigenvalue weighted by atomic mass is 10.2. The van der Waals surface area contributed by atoms with Crippen LogP contribution in [0.5, 0.6) is 0 Å². The summed E-state index contributed by atoms with van der Waals surface area (Å²) < 4.78 is 12.8. The van der Waals surface area contributed by atoms with E-state index in [1.165, 1.54) is 36.7 Å². The molecule has 0 aliphatic rings. The average Bonchev–Trinajstić information content (AvgIpc) is 2.63. The molecule has 7 heteroatoms. The average molecular weight is 323 g/mol. The summed E-state index contributed by atoms with van der Waals surface area (Å²) in [4.78, 5) is 24.3. The van der Waals surface area contributed by atoms with E-state index in [0.29, 0.717) is 23.7 Å². The molecule has 3 rings (SSSR count). The fourth-order valence-corrected chi connectivity index (χ4v) is 1.96. The number of carbonyl (C=O) groups excluding carboxylic acids is 1. The van der Waals surface area contributed by atoms with Gasteiger partial charge in [0.05, 0.1) is 5.56 Å². The maximum Gasteiger partial charge on any atom is 0.258 e. The molecule has 0 radical (unpaired) electrons. The first-order chi connectivity index (χ1) is 11.7. The van der Waals surface area contributed by atoms with Gasteiger partial charge in [-0.25, -0.2) is 14.4 Å². The standard InChI is InChI=1S/C17H14FN5O/c18-14-3-5-15(6-4-14)23-16(24)13-10-21-17(22-11-13)20-9-12-2-1-7-19-8-12/h1-8,10-11H,9H2,(H,23,24)(H,20,21,22). The van der Waals surface area contributed by atoms with Crippen molar-refractivity contribution in [2.45, 2.75) is 6.54 Å². The Labute approximate surface area is 137 Å². The van der Waals surface area contributed by atoms with Gasteiger partial charge in [0.2, 0.25) is 5.95 Å². The molecule has 2 heterocycles. The van der Waals surface area contributed by atoms with Gasteiger partial charge in [-0.3, -0.25) is 9.78 Å². The van der Waals surface area contributed by atoms with E-state index in [-0.39, 0.29) is 11.7 Å². The van der Waals surface area contributed by atoms with E-state index in [2.05, 4.69) is 25.6 Å². The van der Waals surface area contributed by atoms with Crippen LogP contribution in [-0.2, 0) is 6.54 Å². The van der Waals surface area contributed by atoms with Crippen molar-refractivity contribution >= 4 is 17.5 Å². The number of benzene rings is 1. The SMILES string of the molecule is O=C(Nc1ccc(F)cc1)c1cnc(NCc2cccnc2)nc1. The Morgan fingerprint density at radius 1 is 1.04 bits per heavy atom. The molecule has 0 atom stereocenters. The monoisotopic (exact) mass is 323 g/mol. The van der Waals surface area contributed by atoms with Crippen LogP contribution >= 0.6 is 0 Å². The van der Waals surface area contributed by atoms with Gasteiger partial charge in [-0.05, 0) is 35.9 Å². The first-order valence-electron chi connectivity index (χ1n) is 7.22. The van der Waals surface area contributed by atoms with Crippen LogP contribution in [0, 0.1) is 5.82 Å². The molecule has 2 N–H and O–H groups in total. The summed E-state index contributed by atoms with van der Waals surface area (Å²) in [5.74, 6) is -0.307. The topological polar surface area (TPSA) is 79.8 Å². The quantitative estimate of drug-likeness (QED) is 0.755. The van der Waals surface area contributed by atoms with Gasteiger partial charge in [0.1, 0.15) is 5.82 Å². The third-order valence-electron chi connectivity index (χ3n) is 3.19. The van der Waals surface area contributed by atoms with Crippen LogP contribution in [0.1, 0.15) is 15.9 Å². The molecule has 24 heavy (non-hydrogen) atoms. The lowest BCUT2D eigenvalue weighted by Crippen LogP contribution is -2.13. The van der Waals surface area contributed by atoms with E-state index in [4.69, 9.17) is 0 Å². The van der Waals surface area contributed by atoms with Crippen LogP contribution in [-0.4, -0.2) is 20.9 Å². The van der Waals surface area contributed by atoms with E-state index in [1.807, 2.05) is 12.1 Å². The van der Waals surface area contributed by atoms with Crippen molar-refractivity contribution in [1.82, 2.24) is 15.0 Å². The normalized spacial score (nSPS) is 10.2. The summed E-state index contributed by atoms with van der Waals surface area (Å²) in [6, 6.07) is 9.30. The maximum atomic E-state index is 12.8. The van der Waals surface area contributed by atoms with Gasteiger partial charge >= 0.3 is 0 Å². The summed E-state index contributed by atoms with van der Waals surface area (Å²) in [7, 11) is 0. The third-order valence-corrected chi connectivity index (χ3v) is 3.19. The van der Waals surface area contributed by atoms with Crippen LogP contribution in [0.3, 0.4) is 0 Å². The third kappa shape index (κ3) is 4.10. The number of hydrogen-bond acceptors (Lipinski definition) is 5. The smallest absolute Gasteiger partial charge is 0.258 e. The molecule has 0 unspecified atom stereocenters. The van der Waals surface area contributed by atoms with Crippen molar-refractivity contribution < 1.29 is 9.18 Å². The predicted octanol–water partition coefficient (Wildman–Crippen LogP) is 2.88. The number of rotatable bonds is 5. The Kier molecular flexibility index (Phi) is 4.71. The highest BCUT2D eigenvalue weighted by atomic mass is 19.1. The zero-order valence-electron chi connectivity index (χ0n) is 12.6. The zero-order chi connectivity index (χ0) is 16.8. The Hall–Kier alpha value is -3.35. The van der Waals surface area contributed by atoms with Gasteiger partial charge in [0.25, 0.3) is 5.91 Å². The van der Waals surface area contributed by atoms with Crippen LogP contribution in [0.15, 0.2) is 61.2 Å². The number of nitrogens with one attached hydrogen (secondary N) is 2. The number of nitrogens with zero attached hydrogens (tertiary/aromatic N) is 3. The van der Waals surface area contributed by atoms with Crippen LogP contribution in [0.4, 0.5) is 16.0 Å². The number of amides is 1. The molecule has 0 aliphatic carbocycles.